The Morgan fingerprint density at radius 3 is 1.29 bits per heavy atom. The van der Waals surface area contributed by atoms with Crippen LogP contribution in [0.1, 0.15) is 33.6 Å². The van der Waals surface area contributed by atoms with E-state index in [4.69, 9.17) is 0 Å². The van der Waals surface area contributed by atoms with Crippen LogP contribution in [-0.4, -0.2) is 48.0 Å². The molecule has 0 bridgehead atoms. The van der Waals surface area contributed by atoms with Crippen LogP contribution in [-0.2, 0) is 34.8 Å². The summed E-state index contributed by atoms with van der Waals surface area (Å²) in [5.41, 5.74) is -1.26. The van der Waals surface area contributed by atoms with Crippen LogP contribution in [0.15, 0.2) is 84.9 Å². The van der Waals surface area contributed by atoms with Crippen molar-refractivity contribution in [3.8, 4) is 0 Å². The number of aromatic nitrogens is 2. The third-order valence-electron chi connectivity index (χ3n) is 7.60. The van der Waals surface area contributed by atoms with Crippen molar-refractivity contribution in [2.75, 3.05) is 23.9 Å². The van der Waals surface area contributed by atoms with Crippen LogP contribution in [0.4, 0.5) is 38.0 Å². The summed E-state index contributed by atoms with van der Waals surface area (Å²) in [6.45, 7) is 0. The molecule has 2 aromatic carbocycles. The molecule has 3 heterocycles. The third kappa shape index (κ3) is 6.76. The molecule has 1 aliphatic rings. The number of imide groups is 1. The molecule has 13 heteroatoms. The van der Waals surface area contributed by atoms with Gasteiger partial charge in [-0.1, -0.05) is 60.7 Å². The van der Waals surface area contributed by atoms with Gasteiger partial charge in [-0.05, 0) is 35.4 Å². The fraction of sp³-hybridized carbons (Fsp3) is 0.250. The number of halogens is 6. The van der Waals surface area contributed by atoms with E-state index >= 15 is 0 Å². The SMILES string of the molecule is CN(c1ccc(C(F)(F)F)c(Cc2ccccc2)n1)C1C(=O)NC(=O)C1N(C)c1ccc(C(F)(F)F)c(Cc2ccccc2)n1. The Morgan fingerprint density at radius 1 is 0.600 bits per heavy atom. The molecule has 45 heavy (non-hydrogen) atoms. The number of carbonyl (C=O) groups is 2. The predicted molar refractivity (Wildman–Crippen MR) is 155 cm³/mol. The number of amides is 2. The number of rotatable bonds is 8. The van der Waals surface area contributed by atoms with Crippen LogP contribution < -0.4 is 15.1 Å². The van der Waals surface area contributed by atoms with Gasteiger partial charge in [-0.2, -0.15) is 26.3 Å². The number of carbonyl (C=O) groups excluding carboxylic acids is 2. The third-order valence-corrected chi connectivity index (χ3v) is 7.60. The topological polar surface area (TPSA) is 78.4 Å². The van der Waals surface area contributed by atoms with Crippen LogP contribution in [0.2, 0.25) is 0 Å². The van der Waals surface area contributed by atoms with Crippen molar-refractivity contribution < 1.29 is 35.9 Å². The summed E-state index contributed by atoms with van der Waals surface area (Å²) in [6.07, 6.45) is -9.67. The Bertz CT molecular complexity index is 1570. The van der Waals surface area contributed by atoms with E-state index in [1.807, 2.05) is 0 Å². The Hall–Kier alpha value is -4.94. The molecule has 0 saturated carbocycles. The van der Waals surface area contributed by atoms with Crippen LogP contribution in [0.3, 0.4) is 0 Å². The lowest BCUT2D eigenvalue weighted by atomic mass is 10.0. The average molecular weight is 628 g/mol. The number of likely N-dealkylation sites (N-methyl/N-ethyl adjacent to an activating group) is 2. The van der Waals surface area contributed by atoms with Crippen molar-refractivity contribution in [2.24, 2.45) is 0 Å². The van der Waals surface area contributed by atoms with Crippen molar-refractivity contribution in [1.29, 1.82) is 0 Å². The number of nitrogens with zero attached hydrogens (tertiary/aromatic N) is 4. The number of pyridine rings is 2. The van der Waals surface area contributed by atoms with Gasteiger partial charge in [0.05, 0.1) is 22.5 Å². The van der Waals surface area contributed by atoms with Gasteiger partial charge in [-0.25, -0.2) is 9.97 Å². The van der Waals surface area contributed by atoms with E-state index in [0.29, 0.717) is 11.1 Å². The number of benzene rings is 2. The molecule has 0 radical (unpaired) electrons. The van der Waals surface area contributed by atoms with Crippen molar-refractivity contribution in [3.63, 3.8) is 0 Å². The molecule has 0 aliphatic carbocycles. The highest BCUT2D eigenvalue weighted by Crippen LogP contribution is 2.36. The van der Waals surface area contributed by atoms with Gasteiger partial charge < -0.3 is 9.80 Å². The van der Waals surface area contributed by atoms with Crippen molar-refractivity contribution in [2.45, 2.75) is 37.3 Å². The summed E-state index contributed by atoms with van der Waals surface area (Å²) in [5, 5.41) is 2.22. The summed E-state index contributed by atoms with van der Waals surface area (Å²) in [5.74, 6) is -1.51. The van der Waals surface area contributed by atoms with Gasteiger partial charge in [0.15, 0.2) is 0 Å². The maximum atomic E-state index is 13.9. The Labute approximate surface area is 254 Å². The minimum Gasteiger partial charge on any atom is -0.345 e. The lowest BCUT2D eigenvalue weighted by Crippen LogP contribution is -2.52. The molecule has 4 aromatic rings. The lowest BCUT2D eigenvalue weighted by Gasteiger charge is -2.33. The largest absolute Gasteiger partial charge is 0.418 e. The van der Waals surface area contributed by atoms with Gasteiger partial charge in [-0.15, -0.1) is 0 Å². The highest BCUT2D eigenvalue weighted by molar-refractivity contribution is 6.11. The van der Waals surface area contributed by atoms with E-state index in [1.165, 1.54) is 23.9 Å². The van der Waals surface area contributed by atoms with Gasteiger partial charge in [0.1, 0.15) is 23.7 Å². The van der Waals surface area contributed by atoms with Gasteiger partial charge in [0.2, 0.25) is 0 Å². The van der Waals surface area contributed by atoms with Crippen LogP contribution >= 0.6 is 0 Å². The Balaban J connectivity index is 1.50. The molecule has 7 nitrogen and oxygen atoms in total. The van der Waals surface area contributed by atoms with Crippen LogP contribution in [0.25, 0.3) is 0 Å². The normalized spacial score (nSPS) is 16.9. The van der Waals surface area contributed by atoms with Gasteiger partial charge in [0, 0.05) is 26.9 Å². The van der Waals surface area contributed by atoms with E-state index in [2.05, 4.69) is 15.3 Å². The second-order valence-corrected chi connectivity index (χ2v) is 10.6. The second kappa shape index (κ2) is 12.2. The maximum absolute atomic E-state index is 13.9. The standard InChI is InChI=1S/C32H27F6N5O2/c1-42(25-15-13-21(31(33,34)35)23(39-25)17-19-9-5-3-6-10-19)27-28(30(45)41-29(27)44)43(2)26-16-14-22(32(36,37)38)24(40-26)18-20-11-7-4-8-12-20/h3-16,27-28H,17-18H2,1-2H3,(H,41,44,45). The molecular weight excluding hydrogens is 600 g/mol. The quantitative estimate of drug-likeness (QED) is 0.201. The van der Waals surface area contributed by atoms with Crippen molar-refractivity contribution in [1.82, 2.24) is 15.3 Å². The minimum absolute atomic E-state index is 0.00711. The first-order valence-corrected chi connectivity index (χ1v) is 13.8. The van der Waals surface area contributed by atoms with Crippen molar-refractivity contribution >= 4 is 23.5 Å². The predicted octanol–water partition coefficient (Wildman–Crippen LogP) is 5.66. The number of hydrogen-bond donors (Lipinski definition) is 1. The van der Waals surface area contributed by atoms with Crippen LogP contribution in [0, 0.1) is 0 Å². The summed E-state index contributed by atoms with van der Waals surface area (Å²) >= 11 is 0. The summed E-state index contributed by atoms with van der Waals surface area (Å²) in [6, 6.07) is 18.2. The number of nitrogens with one attached hydrogen (secondary N) is 1. The van der Waals surface area contributed by atoms with E-state index in [9.17, 15) is 35.9 Å². The van der Waals surface area contributed by atoms with Crippen molar-refractivity contribution in [3.05, 3.63) is 119 Å². The molecule has 5 rings (SSSR count). The molecule has 1 aliphatic heterocycles. The molecule has 1 N–H and O–H groups in total. The van der Waals surface area contributed by atoms with Crippen LogP contribution in [0.5, 0.6) is 0 Å². The second-order valence-electron chi connectivity index (χ2n) is 10.6. The molecular formula is C32H27F6N5O2. The maximum Gasteiger partial charge on any atom is 0.418 e. The summed E-state index contributed by atoms with van der Waals surface area (Å²) < 4.78 is 83.3. The Kier molecular flexibility index (Phi) is 8.55. The molecule has 2 aromatic heterocycles. The highest BCUT2D eigenvalue weighted by Gasteiger charge is 2.48. The summed E-state index contributed by atoms with van der Waals surface area (Å²) in [7, 11) is 2.82. The fourth-order valence-electron chi connectivity index (χ4n) is 5.35. The molecule has 2 amide bonds. The van der Waals surface area contributed by atoms with E-state index in [1.54, 1.807) is 60.7 Å². The average Bonchev–Trinajstić information content (AvgIpc) is 3.29. The fourth-order valence-corrected chi connectivity index (χ4v) is 5.35. The Morgan fingerprint density at radius 2 is 0.956 bits per heavy atom. The lowest BCUT2D eigenvalue weighted by molar-refractivity contribution is -0.139. The molecule has 0 spiro atoms. The highest BCUT2D eigenvalue weighted by atomic mass is 19.4. The van der Waals surface area contributed by atoms with E-state index < -0.39 is 47.4 Å². The minimum atomic E-state index is -4.69. The smallest absolute Gasteiger partial charge is 0.345 e. The van der Waals surface area contributed by atoms with Gasteiger partial charge >= 0.3 is 12.4 Å². The number of anilines is 2. The first-order valence-electron chi connectivity index (χ1n) is 13.8. The zero-order chi connectivity index (χ0) is 32.5. The molecule has 234 valence electrons. The zero-order valence-electron chi connectivity index (χ0n) is 24.0. The van der Waals surface area contributed by atoms with E-state index in [0.717, 1.165) is 24.3 Å². The van der Waals surface area contributed by atoms with E-state index in [-0.39, 0.29) is 35.9 Å². The molecule has 1 fully saturated rings. The molecule has 2 atom stereocenters. The first kappa shape index (κ1) is 31.5. The van der Waals surface area contributed by atoms with Gasteiger partial charge in [0.25, 0.3) is 11.8 Å². The van der Waals surface area contributed by atoms with Gasteiger partial charge in [-0.3, -0.25) is 14.9 Å². The monoisotopic (exact) mass is 627 g/mol. The number of alkyl halides is 6. The molecule has 2 unspecified atom stereocenters. The summed E-state index contributed by atoms with van der Waals surface area (Å²) in [4.78, 5) is 37.2. The molecule has 1 saturated heterocycles. The zero-order valence-corrected chi connectivity index (χ0v) is 24.0. The number of hydrogen-bond acceptors (Lipinski definition) is 6. The first-order chi connectivity index (χ1) is 21.2.